The minimum Gasteiger partial charge on any atom is -0.459 e. The summed E-state index contributed by atoms with van der Waals surface area (Å²) in [6, 6.07) is 3.56. The first kappa shape index (κ1) is 16.4. The molecule has 0 spiro atoms. The molecule has 0 bridgehead atoms. The molecule has 1 aromatic heterocycles. The van der Waals surface area contributed by atoms with Crippen molar-refractivity contribution < 1.29 is 14.6 Å². The molecule has 0 saturated carbocycles. The number of ether oxygens (including phenoxy) is 1. The minimum atomic E-state index is -0.509. The summed E-state index contributed by atoms with van der Waals surface area (Å²) in [5.41, 5.74) is 0. The highest BCUT2D eigenvalue weighted by molar-refractivity contribution is 7.14. The van der Waals surface area contributed by atoms with E-state index < -0.39 is 6.10 Å². The van der Waals surface area contributed by atoms with Gasteiger partial charge in [-0.1, -0.05) is 0 Å². The fourth-order valence-corrected chi connectivity index (χ4v) is 3.21. The summed E-state index contributed by atoms with van der Waals surface area (Å²) in [7, 11) is 0. The number of thiophene rings is 1. The van der Waals surface area contributed by atoms with Gasteiger partial charge >= 0.3 is 5.97 Å². The van der Waals surface area contributed by atoms with Crippen LogP contribution in [0.1, 0.15) is 40.9 Å². The fraction of sp³-hybridized carbons (Fsp3) is 0.667. The third-order valence-electron chi connectivity index (χ3n) is 3.43. The summed E-state index contributed by atoms with van der Waals surface area (Å²) in [5, 5.41) is 13.6. The molecule has 2 rings (SSSR count). The summed E-state index contributed by atoms with van der Waals surface area (Å²) in [6.45, 7) is 8.63. The number of aliphatic hydroxyl groups excluding tert-OH is 1. The topological polar surface area (TPSA) is 61.8 Å². The molecule has 1 fully saturated rings. The molecule has 0 amide bonds. The molecule has 0 aromatic carbocycles. The number of hydrogen-bond donors (Lipinski definition) is 2. The predicted molar refractivity (Wildman–Crippen MR) is 83.8 cm³/mol. The number of esters is 1. The standard InChI is InChI=1S/C15H24N2O3S/c1-11(2)20-15(19)14-4-3-13(21-14)12(18)5-8-17-9-6-16-7-10-17/h3-4,11-12,16,18H,5-10H2,1-2H3. The van der Waals surface area contributed by atoms with Crippen LogP contribution < -0.4 is 5.32 Å². The van der Waals surface area contributed by atoms with E-state index in [-0.39, 0.29) is 12.1 Å². The third kappa shape index (κ3) is 5.07. The van der Waals surface area contributed by atoms with Gasteiger partial charge in [-0.25, -0.2) is 4.79 Å². The van der Waals surface area contributed by atoms with Gasteiger partial charge in [-0.3, -0.25) is 0 Å². The largest absolute Gasteiger partial charge is 0.459 e. The highest BCUT2D eigenvalue weighted by atomic mass is 32.1. The van der Waals surface area contributed by atoms with E-state index in [0.717, 1.165) is 37.6 Å². The summed E-state index contributed by atoms with van der Waals surface area (Å²) in [4.78, 5) is 15.5. The molecule has 1 unspecified atom stereocenters. The lowest BCUT2D eigenvalue weighted by atomic mass is 10.2. The van der Waals surface area contributed by atoms with Gasteiger partial charge in [0.05, 0.1) is 12.2 Å². The van der Waals surface area contributed by atoms with Crippen LogP contribution in [0.3, 0.4) is 0 Å². The molecule has 1 aliphatic rings. The van der Waals surface area contributed by atoms with Gasteiger partial charge in [0, 0.05) is 37.6 Å². The molecular weight excluding hydrogens is 288 g/mol. The Balaban J connectivity index is 1.83. The van der Waals surface area contributed by atoms with Crippen molar-refractivity contribution >= 4 is 17.3 Å². The monoisotopic (exact) mass is 312 g/mol. The Morgan fingerprint density at radius 2 is 2.14 bits per heavy atom. The normalized spacial score (nSPS) is 17.9. The molecule has 0 aliphatic carbocycles. The van der Waals surface area contributed by atoms with Crippen LogP contribution >= 0.6 is 11.3 Å². The number of aliphatic hydroxyl groups is 1. The van der Waals surface area contributed by atoms with Crippen molar-refractivity contribution in [2.45, 2.75) is 32.5 Å². The Labute approximate surface area is 129 Å². The zero-order chi connectivity index (χ0) is 15.2. The summed E-state index contributed by atoms with van der Waals surface area (Å²) in [5.74, 6) is -0.310. The Hall–Kier alpha value is -0.950. The third-order valence-corrected chi connectivity index (χ3v) is 4.59. The van der Waals surface area contributed by atoms with Crippen LogP contribution in [-0.2, 0) is 4.74 Å². The van der Waals surface area contributed by atoms with E-state index in [1.165, 1.54) is 11.3 Å². The van der Waals surface area contributed by atoms with E-state index in [1.54, 1.807) is 6.07 Å². The summed E-state index contributed by atoms with van der Waals surface area (Å²) >= 11 is 1.32. The first-order valence-corrected chi connectivity index (χ1v) is 8.29. The maximum atomic E-state index is 11.8. The molecule has 6 heteroatoms. The van der Waals surface area contributed by atoms with Crippen molar-refractivity contribution in [1.82, 2.24) is 10.2 Å². The maximum Gasteiger partial charge on any atom is 0.348 e. The van der Waals surface area contributed by atoms with Crippen LogP contribution in [0.2, 0.25) is 0 Å². The molecule has 21 heavy (non-hydrogen) atoms. The van der Waals surface area contributed by atoms with Gasteiger partial charge in [0.15, 0.2) is 0 Å². The molecule has 1 aliphatic heterocycles. The lowest BCUT2D eigenvalue weighted by Gasteiger charge is -2.27. The van der Waals surface area contributed by atoms with Crippen LogP contribution in [0.25, 0.3) is 0 Å². The molecule has 5 nitrogen and oxygen atoms in total. The Kier molecular flexibility index (Phi) is 6.17. The van der Waals surface area contributed by atoms with Crippen molar-refractivity contribution in [2.75, 3.05) is 32.7 Å². The average molecular weight is 312 g/mol. The predicted octanol–water partition coefficient (Wildman–Crippen LogP) is 1.64. The smallest absolute Gasteiger partial charge is 0.348 e. The first-order chi connectivity index (χ1) is 10.1. The van der Waals surface area contributed by atoms with Crippen LogP contribution in [0.4, 0.5) is 0 Å². The summed E-state index contributed by atoms with van der Waals surface area (Å²) < 4.78 is 5.16. The van der Waals surface area contributed by atoms with E-state index >= 15 is 0 Å². The van der Waals surface area contributed by atoms with Gasteiger partial charge < -0.3 is 20.1 Å². The Morgan fingerprint density at radius 1 is 1.43 bits per heavy atom. The van der Waals surface area contributed by atoms with Crippen molar-refractivity contribution in [1.29, 1.82) is 0 Å². The highest BCUT2D eigenvalue weighted by Crippen LogP contribution is 2.26. The van der Waals surface area contributed by atoms with Gasteiger partial charge in [0.1, 0.15) is 4.88 Å². The second kappa shape index (κ2) is 7.89. The second-order valence-corrected chi connectivity index (χ2v) is 6.67. The van der Waals surface area contributed by atoms with Gasteiger partial charge in [0.2, 0.25) is 0 Å². The average Bonchev–Trinajstić information content (AvgIpc) is 2.95. The number of nitrogens with one attached hydrogen (secondary N) is 1. The zero-order valence-corrected chi connectivity index (χ0v) is 13.5. The van der Waals surface area contributed by atoms with Crippen molar-refractivity contribution in [2.24, 2.45) is 0 Å². The maximum absolute atomic E-state index is 11.8. The van der Waals surface area contributed by atoms with Crippen molar-refractivity contribution in [3.05, 3.63) is 21.9 Å². The number of rotatable bonds is 6. The lowest BCUT2D eigenvalue weighted by molar-refractivity contribution is 0.0384. The SMILES string of the molecule is CC(C)OC(=O)c1ccc(C(O)CCN2CCNCC2)s1. The Bertz CT molecular complexity index is 456. The minimum absolute atomic E-state index is 0.124. The second-order valence-electron chi connectivity index (χ2n) is 5.55. The molecule has 0 radical (unpaired) electrons. The van der Waals surface area contributed by atoms with Gasteiger partial charge in [-0.2, -0.15) is 0 Å². The van der Waals surface area contributed by atoms with Crippen LogP contribution in [-0.4, -0.2) is 54.8 Å². The number of nitrogens with zero attached hydrogens (tertiary/aromatic N) is 1. The van der Waals surface area contributed by atoms with Crippen LogP contribution in [0, 0.1) is 0 Å². The number of carbonyl (C=O) groups is 1. The highest BCUT2D eigenvalue weighted by Gasteiger charge is 2.17. The van der Waals surface area contributed by atoms with E-state index in [4.69, 9.17) is 4.74 Å². The first-order valence-electron chi connectivity index (χ1n) is 7.48. The Morgan fingerprint density at radius 3 is 2.81 bits per heavy atom. The lowest BCUT2D eigenvalue weighted by Crippen LogP contribution is -2.43. The number of carbonyl (C=O) groups excluding carboxylic acids is 1. The van der Waals surface area contributed by atoms with E-state index in [1.807, 2.05) is 19.9 Å². The van der Waals surface area contributed by atoms with Gasteiger partial charge in [0.25, 0.3) is 0 Å². The molecule has 118 valence electrons. The molecular formula is C15H24N2O3S. The summed E-state index contributed by atoms with van der Waals surface area (Å²) in [6.07, 6.45) is 0.0605. The fourth-order valence-electron chi connectivity index (χ4n) is 2.30. The van der Waals surface area contributed by atoms with Crippen LogP contribution in [0.15, 0.2) is 12.1 Å². The van der Waals surface area contributed by atoms with Crippen LogP contribution in [0.5, 0.6) is 0 Å². The number of piperazine rings is 1. The molecule has 1 saturated heterocycles. The van der Waals surface area contributed by atoms with Gasteiger partial charge in [-0.15, -0.1) is 11.3 Å². The molecule has 1 aromatic rings. The zero-order valence-electron chi connectivity index (χ0n) is 12.7. The van der Waals surface area contributed by atoms with Gasteiger partial charge in [-0.05, 0) is 32.4 Å². The number of hydrogen-bond acceptors (Lipinski definition) is 6. The van der Waals surface area contributed by atoms with E-state index in [0.29, 0.717) is 11.3 Å². The quantitative estimate of drug-likeness (QED) is 0.782. The molecule has 1 atom stereocenters. The van der Waals surface area contributed by atoms with E-state index in [9.17, 15) is 9.90 Å². The molecule has 2 N–H and O–H groups in total. The van der Waals surface area contributed by atoms with Crippen molar-refractivity contribution in [3.8, 4) is 0 Å². The molecule has 2 heterocycles. The van der Waals surface area contributed by atoms with E-state index in [2.05, 4.69) is 10.2 Å². The van der Waals surface area contributed by atoms with Crippen molar-refractivity contribution in [3.63, 3.8) is 0 Å².